The summed E-state index contributed by atoms with van der Waals surface area (Å²) >= 11 is 6.06. The molecule has 1 aromatic rings. The molecule has 1 aromatic carbocycles. The molecule has 1 rings (SSSR count). The van der Waals surface area contributed by atoms with Gasteiger partial charge in [-0.25, -0.2) is 0 Å². The summed E-state index contributed by atoms with van der Waals surface area (Å²) in [5, 5.41) is 0.775. The molecule has 3 nitrogen and oxygen atoms in total. The van der Waals surface area contributed by atoms with Crippen LogP contribution in [0.2, 0.25) is 5.02 Å². The van der Waals surface area contributed by atoms with Crippen molar-refractivity contribution in [1.29, 1.82) is 0 Å². The topological polar surface area (TPSA) is 32.5 Å². The van der Waals surface area contributed by atoms with Crippen molar-refractivity contribution in [2.24, 2.45) is 5.73 Å². The SMILES string of the molecule is CN(C)CCN(C)c1cc(Cl)ccc1CCN. The quantitative estimate of drug-likeness (QED) is 0.842. The Bertz CT molecular complexity index is 353. The first kappa shape index (κ1) is 14.3. The molecule has 2 N–H and O–H groups in total. The highest BCUT2D eigenvalue weighted by atomic mass is 35.5. The lowest BCUT2D eigenvalue weighted by molar-refractivity contribution is 0.416. The van der Waals surface area contributed by atoms with Crippen molar-refractivity contribution in [1.82, 2.24) is 4.90 Å². The van der Waals surface area contributed by atoms with Gasteiger partial charge in [0.15, 0.2) is 0 Å². The van der Waals surface area contributed by atoms with E-state index in [0.29, 0.717) is 6.54 Å². The Morgan fingerprint density at radius 3 is 2.47 bits per heavy atom. The van der Waals surface area contributed by atoms with Gasteiger partial charge in [0, 0.05) is 30.8 Å². The number of nitrogens with zero attached hydrogens (tertiary/aromatic N) is 2. The van der Waals surface area contributed by atoms with E-state index in [4.69, 9.17) is 17.3 Å². The summed E-state index contributed by atoms with van der Waals surface area (Å²) in [6, 6.07) is 6.01. The summed E-state index contributed by atoms with van der Waals surface area (Å²) < 4.78 is 0. The molecule has 96 valence electrons. The lowest BCUT2D eigenvalue weighted by atomic mass is 10.1. The van der Waals surface area contributed by atoms with Gasteiger partial charge >= 0.3 is 0 Å². The van der Waals surface area contributed by atoms with Crippen molar-refractivity contribution < 1.29 is 0 Å². The van der Waals surface area contributed by atoms with Gasteiger partial charge in [0.05, 0.1) is 0 Å². The van der Waals surface area contributed by atoms with Crippen LogP contribution in [-0.4, -0.2) is 45.7 Å². The van der Waals surface area contributed by atoms with Crippen LogP contribution in [-0.2, 0) is 6.42 Å². The maximum atomic E-state index is 6.06. The number of hydrogen-bond donors (Lipinski definition) is 1. The van der Waals surface area contributed by atoms with Crippen LogP contribution < -0.4 is 10.6 Å². The van der Waals surface area contributed by atoms with Gasteiger partial charge in [-0.15, -0.1) is 0 Å². The zero-order chi connectivity index (χ0) is 12.8. The lowest BCUT2D eigenvalue weighted by Gasteiger charge is -2.24. The lowest BCUT2D eigenvalue weighted by Crippen LogP contribution is -2.29. The van der Waals surface area contributed by atoms with Crippen LogP contribution >= 0.6 is 11.6 Å². The summed E-state index contributed by atoms with van der Waals surface area (Å²) in [5.74, 6) is 0. The summed E-state index contributed by atoms with van der Waals surface area (Å²) in [4.78, 5) is 4.40. The minimum Gasteiger partial charge on any atom is -0.373 e. The van der Waals surface area contributed by atoms with Crippen molar-refractivity contribution in [3.63, 3.8) is 0 Å². The second kappa shape index (κ2) is 6.84. The Morgan fingerprint density at radius 2 is 1.88 bits per heavy atom. The maximum absolute atomic E-state index is 6.06. The molecule has 0 spiro atoms. The number of likely N-dealkylation sites (N-methyl/N-ethyl adjacent to an activating group) is 2. The van der Waals surface area contributed by atoms with E-state index >= 15 is 0 Å². The average Bonchev–Trinajstić information content (AvgIpc) is 2.28. The van der Waals surface area contributed by atoms with Crippen LogP contribution in [0.5, 0.6) is 0 Å². The van der Waals surface area contributed by atoms with Crippen LogP contribution in [0.15, 0.2) is 18.2 Å². The van der Waals surface area contributed by atoms with Gasteiger partial charge in [-0.05, 0) is 44.8 Å². The van der Waals surface area contributed by atoms with E-state index in [-0.39, 0.29) is 0 Å². The number of halogens is 1. The molecule has 0 amide bonds. The number of anilines is 1. The Hall–Kier alpha value is -0.770. The van der Waals surface area contributed by atoms with Crippen molar-refractivity contribution in [3.8, 4) is 0 Å². The highest BCUT2D eigenvalue weighted by molar-refractivity contribution is 6.30. The van der Waals surface area contributed by atoms with E-state index in [2.05, 4.69) is 37.0 Å². The van der Waals surface area contributed by atoms with Gasteiger partial charge in [-0.2, -0.15) is 0 Å². The predicted molar refractivity (Wildman–Crippen MR) is 76.0 cm³/mol. The zero-order valence-electron chi connectivity index (χ0n) is 10.9. The number of rotatable bonds is 6. The van der Waals surface area contributed by atoms with Gasteiger partial charge in [-0.3, -0.25) is 0 Å². The molecule has 0 radical (unpaired) electrons. The minimum absolute atomic E-state index is 0.663. The minimum atomic E-state index is 0.663. The second-order valence-electron chi connectivity index (χ2n) is 4.54. The summed E-state index contributed by atoms with van der Waals surface area (Å²) in [6.07, 6.45) is 0.888. The molecule has 0 fully saturated rings. The molecule has 0 saturated heterocycles. The number of hydrogen-bond acceptors (Lipinski definition) is 3. The Kier molecular flexibility index (Phi) is 5.75. The van der Waals surface area contributed by atoms with Crippen LogP contribution in [0, 0.1) is 0 Å². The molecule has 0 bridgehead atoms. The van der Waals surface area contributed by atoms with Crippen LogP contribution in [0.4, 0.5) is 5.69 Å². The second-order valence-corrected chi connectivity index (χ2v) is 4.97. The van der Waals surface area contributed by atoms with E-state index in [9.17, 15) is 0 Å². The molecule has 0 unspecified atom stereocenters. The van der Waals surface area contributed by atoms with Gasteiger partial charge in [0.25, 0.3) is 0 Å². The van der Waals surface area contributed by atoms with E-state index in [1.807, 2.05) is 12.1 Å². The first-order chi connectivity index (χ1) is 8.04. The number of benzene rings is 1. The Morgan fingerprint density at radius 1 is 1.18 bits per heavy atom. The van der Waals surface area contributed by atoms with E-state index in [1.165, 1.54) is 11.3 Å². The van der Waals surface area contributed by atoms with Crippen LogP contribution in [0.1, 0.15) is 5.56 Å². The molecule has 0 aromatic heterocycles. The third kappa shape index (κ3) is 4.54. The molecule has 0 saturated carbocycles. The fraction of sp³-hybridized carbons (Fsp3) is 0.538. The molecule has 0 aliphatic heterocycles. The fourth-order valence-corrected chi connectivity index (χ4v) is 1.90. The van der Waals surface area contributed by atoms with Gasteiger partial charge < -0.3 is 15.5 Å². The molecule has 17 heavy (non-hydrogen) atoms. The summed E-state index contributed by atoms with van der Waals surface area (Å²) in [6.45, 7) is 2.66. The summed E-state index contributed by atoms with van der Waals surface area (Å²) in [7, 11) is 6.24. The third-order valence-electron chi connectivity index (χ3n) is 2.75. The van der Waals surface area contributed by atoms with E-state index in [1.54, 1.807) is 0 Å². The first-order valence-corrected chi connectivity index (χ1v) is 6.26. The number of nitrogens with two attached hydrogens (primary N) is 1. The largest absolute Gasteiger partial charge is 0.373 e. The molecule has 0 aliphatic rings. The predicted octanol–water partition coefficient (Wildman–Crippen LogP) is 1.84. The monoisotopic (exact) mass is 255 g/mol. The third-order valence-corrected chi connectivity index (χ3v) is 2.99. The first-order valence-electron chi connectivity index (χ1n) is 5.89. The normalized spacial score (nSPS) is 10.9. The van der Waals surface area contributed by atoms with E-state index in [0.717, 1.165) is 24.5 Å². The average molecular weight is 256 g/mol. The highest BCUT2D eigenvalue weighted by Crippen LogP contribution is 2.24. The Labute approximate surface area is 109 Å². The van der Waals surface area contributed by atoms with Gasteiger partial charge in [-0.1, -0.05) is 17.7 Å². The molecular weight excluding hydrogens is 234 g/mol. The molecule has 4 heteroatoms. The van der Waals surface area contributed by atoms with Crippen molar-refractivity contribution >= 4 is 17.3 Å². The van der Waals surface area contributed by atoms with E-state index < -0.39 is 0 Å². The van der Waals surface area contributed by atoms with Crippen molar-refractivity contribution in [2.45, 2.75) is 6.42 Å². The summed E-state index contributed by atoms with van der Waals surface area (Å²) in [5.41, 5.74) is 8.08. The Balaban J connectivity index is 2.81. The molecule has 0 aliphatic carbocycles. The zero-order valence-corrected chi connectivity index (χ0v) is 11.7. The maximum Gasteiger partial charge on any atom is 0.0426 e. The molecule has 0 atom stereocenters. The van der Waals surface area contributed by atoms with Gasteiger partial charge in [0.1, 0.15) is 0 Å². The van der Waals surface area contributed by atoms with Crippen molar-refractivity contribution in [2.75, 3.05) is 45.7 Å². The van der Waals surface area contributed by atoms with Crippen molar-refractivity contribution in [3.05, 3.63) is 28.8 Å². The molecular formula is C13H22ClN3. The fourth-order valence-electron chi connectivity index (χ4n) is 1.73. The van der Waals surface area contributed by atoms with Crippen LogP contribution in [0.3, 0.4) is 0 Å². The van der Waals surface area contributed by atoms with Gasteiger partial charge in [0.2, 0.25) is 0 Å². The highest BCUT2D eigenvalue weighted by Gasteiger charge is 2.08. The standard InChI is InChI=1S/C13H22ClN3/c1-16(2)8-9-17(3)13-10-12(14)5-4-11(13)6-7-15/h4-5,10H,6-9,15H2,1-3H3. The van der Waals surface area contributed by atoms with Crippen LogP contribution in [0.25, 0.3) is 0 Å². The molecule has 0 heterocycles. The smallest absolute Gasteiger partial charge is 0.0426 e.